The molecule has 0 heterocycles. The van der Waals surface area contributed by atoms with Gasteiger partial charge in [0.1, 0.15) is 0 Å². The highest BCUT2D eigenvalue weighted by molar-refractivity contribution is 5.47. The summed E-state index contributed by atoms with van der Waals surface area (Å²) in [6, 6.07) is 18.0. The van der Waals surface area contributed by atoms with Crippen LogP contribution in [-0.2, 0) is 6.42 Å². The Balaban J connectivity index is -0.00000149. The highest BCUT2D eigenvalue weighted by Gasteiger charge is 2.64. The number of hydrogen-bond donors (Lipinski definition) is 4. The van der Waals surface area contributed by atoms with E-state index >= 15 is 0 Å². The predicted molar refractivity (Wildman–Crippen MR) is 285 cm³/mol. The van der Waals surface area contributed by atoms with Crippen molar-refractivity contribution in [3.05, 3.63) is 164 Å². The van der Waals surface area contributed by atoms with E-state index in [1.807, 2.05) is 39.8 Å². The van der Waals surface area contributed by atoms with Crippen LogP contribution in [0.3, 0.4) is 0 Å². The first-order valence-corrected chi connectivity index (χ1v) is 23.4. The minimum Gasteiger partial charge on any atom is -0.405 e. The van der Waals surface area contributed by atoms with Gasteiger partial charge in [-0.25, -0.2) is 0 Å². The van der Waals surface area contributed by atoms with Crippen LogP contribution in [0.5, 0.6) is 0 Å². The van der Waals surface area contributed by atoms with Gasteiger partial charge in [0.15, 0.2) is 0 Å². The Labute approximate surface area is 385 Å². The molecule has 3 aliphatic rings. The van der Waals surface area contributed by atoms with Crippen molar-refractivity contribution in [1.29, 1.82) is 0 Å². The molecule has 7 N–H and O–H groups in total. The van der Waals surface area contributed by atoms with Crippen molar-refractivity contribution in [2.75, 3.05) is 18.4 Å². The summed E-state index contributed by atoms with van der Waals surface area (Å²) in [5, 5.41) is 3.93. The van der Waals surface area contributed by atoms with Gasteiger partial charge in [-0.3, -0.25) is 0 Å². The number of benzene rings is 2. The molecular formula is C58H98N4. The number of allylic oxidation sites excluding steroid dienone is 7. The molecular weight excluding hydrogens is 753 g/mol. The van der Waals surface area contributed by atoms with E-state index in [1.54, 1.807) is 5.57 Å². The van der Waals surface area contributed by atoms with E-state index in [1.165, 1.54) is 79.1 Å². The normalized spacial score (nSPS) is 24.2. The third kappa shape index (κ3) is 17.8. The van der Waals surface area contributed by atoms with E-state index in [0.29, 0.717) is 18.2 Å². The molecule has 0 amide bonds. The van der Waals surface area contributed by atoms with E-state index in [-0.39, 0.29) is 23.7 Å². The molecule has 5 rings (SSSR count). The topological polar surface area (TPSA) is 90.1 Å². The lowest BCUT2D eigenvalue weighted by Crippen LogP contribution is -2.53. The van der Waals surface area contributed by atoms with E-state index in [9.17, 15) is 0 Å². The summed E-state index contributed by atoms with van der Waals surface area (Å²) in [6.07, 6.45) is 26.1. The number of fused-ring (bicyclic) bond motifs is 3. The number of hydrogen-bond acceptors (Lipinski definition) is 4. The highest BCUT2D eigenvalue weighted by Crippen LogP contribution is 2.71. The molecule has 2 aromatic rings. The van der Waals surface area contributed by atoms with Crippen molar-refractivity contribution < 1.29 is 0 Å². The van der Waals surface area contributed by atoms with Crippen LogP contribution in [0, 0.1) is 40.9 Å². The summed E-state index contributed by atoms with van der Waals surface area (Å²) in [6.45, 7) is 48.0. The minimum absolute atomic E-state index is 0. The predicted octanol–water partition coefficient (Wildman–Crippen LogP) is 16.2. The molecule has 0 radical (unpaired) electrons. The summed E-state index contributed by atoms with van der Waals surface area (Å²) in [7, 11) is 0. The highest BCUT2D eigenvalue weighted by atomic mass is 14.9. The maximum absolute atomic E-state index is 4.97. The fraction of sp³-hybridized carbons (Fsp3) is 0.517. The van der Waals surface area contributed by atoms with Gasteiger partial charge in [-0.15, -0.1) is 13.2 Å². The average Bonchev–Trinajstić information content (AvgIpc) is 3.58. The third-order valence-electron chi connectivity index (χ3n) is 12.5. The molecule has 6 unspecified atom stereocenters. The molecule has 6 atom stereocenters. The largest absolute Gasteiger partial charge is 0.405 e. The van der Waals surface area contributed by atoms with Crippen molar-refractivity contribution in [3.63, 3.8) is 0 Å². The lowest BCUT2D eigenvalue weighted by Gasteiger charge is -2.59. The first-order chi connectivity index (χ1) is 29.2. The van der Waals surface area contributed by atoms with Crippen LogP contribution >= 0.6 is 0 Å². The Bertz CT molecular complexity index is 1590. The van der Waals surface area contributed by atoms with Crippen LogP contribution in [0.25, 0.3) is 0 Å². The quantitative estimate of drug-likeness (QED) is 0.160. The molecule has 0 aromatic heterocycles. The van der Waals surface area contributed by atoms with Crippen LogP contribution in [0.15, 0.2) is 148 Å². The molecule has 0 saturated heterocycles. The average molecular weight is 851 g/mol. The van der Waals surface area contributed by atoms with E-state index in [4.69, 9.17) is 18.0 Å². The maximum Gasteiger partial charge on any atom is 0.0340 e. The second-order valence-electron chi connectivity index (χ2n) is 16.5. The molecule has 0 bridgehead atoms. The summed E-state index contributed by atoms with van der Waals surface area (Å²) in [4.78, 5) is 0. The first kappa shape index (κ1) is 62.0. The SMILES string of the molecule is C.C=C(N)CN.C=C/C=C1/CCC2C(CCC3(C)C2CCC3(CNc2ccc(Cc3ccc(C)cc3)cc2)C(=C)CC=C)C1(C)/C=C\C.C=CCC.C=CN.CC.CC.CCC. The molecule has 2 aromatic carbocycles. The minimum atomic E-state index is 0. The summed E-state index contributed by atoms with van der Waals surface area (Å²) >= 11 is 0. The van der Waals surface area contributed by atoms with E-state index < -0.39 is 0 Å². The van der Waals surface area contributed by atoms with Crippen molar-refractivity contribution in [2.24, 2.45) is 51.2 Å². The standard InChI is InChI=1S/C41H53N.C4H8.C3H8N2.C3H8.C2H5N.2C2H6.CH4/c1-8-11-31(5)41(29-42-35-20-17-33(18-21-35)28-32-15-13-30(4)14-16-32)27-24-38-36-22-19-34(12-9-2)39(6,25-10-3)37(36)23-26-40(38,41)7;1-3-4-2;1-3(5)2-4;1-3-2;1-2-3;2*1-2;/h8-10,12-18,20-21,25,36-38,42H,1-2,5,11,19,22-24,26-29H2,3-4,6-7H3;3H,1,4H2,2H3;1-2,4-5H2;3H2,1-2H3;2H,1,3H2;2*1-2H3;1H4/b25-10-,34-12-;;;;;;;. The molecule has 3 aliphatic carbocycles. The van der Waals surface area contributed by atoms with Gasteiger partial charge >= 0.3 is 0 Å². The first-order valence-electron chi connectivity index (χ1n) is 23.4. The molecule has 4 nitrogen and oxygen atoms in total. The van der Waals surface area contributed by atoms with Gasteiger partial charge in [-0.05, 0) is 124 Å². The Kier molecular flexibility index (Phi) is 34.2. The number of anilines is 1. The maximum atomic E-state index is 4.97. The van der Waals surface area contributed by atoms with Crippen LogP contribution in [0.4, 0.5) is 5.69 Å². The van der Waals surface area contributed by atoms with Crippen molar-refractivity contribution in [3.8, 4) is 0 Å². The fourth-order valence-corrected chi connectivity index (χ4v) is 9.68. The lowest BCUT2D eigenvalue weighted by atomic mass is 9.45. The monoisotopic (exact) mass is 851 g/mol. The van der Waals surface area contributed by atoms with Gasteiger partial charge in [0.25, 0.3) is 0 Å². The Morgan fingerprint density at radius 1 is 0.823 bits per heavy atom. The zero-order valence-corrected chi connectivity index (χ0v) is 41.4. The van der Waals surface area contributed by atoms with Gasteiger partial charge in [0.05, 0.1) is 0 Å². The lowest BCUT2D eigenvalue weighted by molar-refractivity contribution is -0.0526. The van der Waals surface area contributed by atoms with Crippen molar-refractivity contribution >= 4 is 5.69 Å². The van der Waals surface area contributed by atoms with Crippen LogP contribution in [0.1, 0.15) is 151 Å². The summed E-state index contributed by atoms with van der Waals surface area (Å²) in [5.41, 5.74) is 23.7. The van der Waals surface area contributed by atoms with Crippen LogP contribution in [0.2, 0.25) is 0 Å². The van der Waals surface area contributed by atoms with Crippen LogP contribution < -0.4 is 22.5 Å². The summed E-state index contributed by atoms with van der Waals surface area (Å²) < 4.78 is 0. The number of nitrogens with two attached hydrogens (primary N) is 3. The number of rotatable bonds is 12. The van der Waals surface area contributed by atoms with Gasteiger partial charge in [0.2, 0.25) is 0 Å². The molecule has 0 spiro atoms. The Hall–Kier alpha value is -4.28. The molecule has 62 heavy (non-hydrogen) atoms. The Morgan fingerprint density at radius 3 is 1.74 bits per heavy atom. The number of aryl methyl sites for hydroxylation is 1. The van der Waals surface area contributed by atoms with Crippen molar-refractivity contribution in [1.82, 2.24) is 0 Å². The second-order valence-corrected chi connectivity index (χ2v) is 16.5. The molecule has 4 heteroatoms. The smallest absolute Gasteiger partial charge is 0.0340 e. The zero-order chi connectivity index (χ0) is 47.1. The summed E-state index contributed by atoms with van der Waals surface area (Å²) in [5.74, 6) is 2.18. The fourth-order valence-electron chi connectivity index (χ4n) is 9.68. The third-order valence-corrected chi connectivity index (χ3v) is 12.5. The molecule has 3 saturated carbocycles. The van der Waals surface area contributed by atoms with Crippen LogP contribution in [-0.4, -0.2) is 13.1 Å². The number of nitrogens with one attached hydrogen (secondary N) is 1. The molecule has 0 aliphatic heterocycles. The molecule has 350 valence electrons. The zero-order valence-electron chi connectivity index (χ0n) is 41.4. The van der Waals surface area contributed by atoms with E-state index in [2.05, 4.69) is 165 Å². The molecule has 3 fully saturated rings. The second kappa shape index (κ2) is 34.2. The van der Waals surface area contributed by atoms with Gasteiger partial charge in [-0.2, -0.15) is 0 Å². The van der Waals surface area contributed by atoms with Gasteiger partial charge in [0, 0.05) is 35.3 Å². The van der Waals surface area contributed by atoms with E-state index in [0.717, 1.165) is 37.6 Å². The van der Waals surface area contributed by atoms with Crippen molar-refractivity contribution in [2.45, 2.75) is 148 Å². The van der Waals surface area contributed by atoms with Gasteiger partial charge < -0.3 is 22.5 Å². The van der Waals surface area contributed by atoms with Gasteiger partial charge in [-0.1, -0.05) is 192 Å². The Morgan fingerprint density at radius 2 is 1.31 bits per heavy atom.